The summed E-state index contributed by atoms with van der Waals surface area (Å²) in [6, 6.07) is 3.46. The molecular weight excluding hydrogens is 258 g/mol. The molecule has 2 nitrogen and oxygen atoms in total. The van der Waals surface area contributed by atoms with Crippen molar-refractivity contribution in [3.05, 3.63) is 46.4 Å². The molecule has 0 radical (unpaired) electrons. The van der Waals surface area contributed by atoms with Crippen LogP contribution in [0.25, 0.3) is 11.3 Å². The Labute approximate surface area is 108 Å². The molecule has 18 heavy (non-hydrogen) atoms. The maximum absolute atomic E-state index is 13.8. The fourth-order valence-electron chi connectivity index (χ4n) is 2.31. The normalized spacial score (nSPS) is 13.7. The topological polar surface area (TPSA) is 25.8 Å². The number of nitrogens with zero attached hydrogens (tertiary/aromatic N) is 2. The minimum atomic E-state index is -0.626. The van der Waals surface area contributed by atoms with Crippen LogP contribution in [0.2, 0.25) is 5.28 Å². The zero-order chi connectivity index (χ0) is 12.7. The first-order valence-electron chi connectivity index (χ1n) is 5.66. The molecule has 0 amide bonds. The van der Waals surface area contributed by atoms with Crippen molar-refractivity contribution in [1.82, 2.24) is 9.97 Å². The molecule has 0 spiro atoms. The minimum Gasteiger partial charge on any atom is -0.223 e. The van der Waals surface area contributed by atoms with E-state index < -0.39 is 11.6 Å². The zero-order valence-corrected chi connectivity index (χ0v) is 10.1. The van der Waals surface area contributed by atoms with E-state index in [0.29, 0.717) is 5.69 Å². The molecule has 0 atom stereocenters. The van der Waals surface area contributed by atoms with Gasteiger partial charge in [0.1, 0.15) is 11.6 Å². The molecule has 1 aliphatic carbocycles. The molecular formula is C13H9ClF2N2. The summed E-state index contributed by atoms with van der Waals surface area (Å²) < 4.78 is 26.7. The van der Waals surface area contributed by atoms with Gasteiger partial charge in [0.15, 0.2) is 0 Å². The Morgan fingerprint density at radius 2 is 1.94 bits per heavy atom. The second-order valence-electron chi connectivity index (χ2n) is 4.24. The molecule has 92 valence electrons. The Hall–Kier alpha value is -1.55. The molecule has 0 bridgehead atoms. The molecule has 1 aromatic carbocycles. The summed E-state index contributed by atoms with van der Waals surface area (Å²) >= 11 is 5.84. The molecule has 0 unspecified atom stereocenters. The summed E-state index contributed by atoms with van der Waals surface area (Å²) in [5.41, 5.74) is 2.55. The third-order valence-electron chi connectivity index (χ3n) is 3.09. The van der Waals surface area contributed by atoms with Crippen molar-refractivity contribution in [2.45, 2.75) is 19.3 Å². The quantitative estimate of drug-likeness (QED) is 0.738. The fraction of sp³-hybridized carbons (Fsp3) is 0.231. The van der Waals surface area contributed by atoms with Gasteiger partial charge in [-0.05, 0) is 43.0 Å². The lowest BCUT2D eigenvalue weighted by molar-refractivity contribution is 0.585. The summed E-state index contributed by atoms with van der Waals surface area (Å²) in [7, 11) is 0. The Morgan fingerprint density at radius 3 is 2.72 bits per heavy atom. The Kier molecular flexibility index (Phi) is 2.74. The third-order valence-corrected chi connectivity index (χ3v) is 3.26. The minimum absolute atomic E-state index is 0.106. The zero-order valence-electron chi connectivity index (χ0n) is 9.38. The highest BCUT2D eigenvalue weighted by atomic mass is 35.5. The number of aryl methyl sites for hydroxylation is 1. The van der Waals surface area contributed by atoms with Gasteiger partial charge in [-0.3, -0.25) is 0 Å². The predicted molar refractivity (Wildman–Crippen MR) is 64.4 cm³/mol. The van der Waals surface area contributed by atoms with E-state index in [2.05, 4.69) is 9.97 Å². The Balaban J connectivity index is 2.23. The predicted octanol–water partition coefficient (Wildman–Crippen LogP) is 3.56. The molecule has 0 saturated heterocycles. The molecule has 1 aliphatic rings. The van der Waals surface area contributed by atoms with E-state index in [9.17, 15) is 8.78 Å². The first-order valence-corrected chi connectivity index (χ1v) is 6.03. The monoisotopic (exact) mass is 266 g/mol. The van der Waals surface area contributed by atoms with E-state index in [1.807, 2.05) is 0 Å². The maximum Gasteiger partial charge on any atom is 0.223 e. The van der Waals surface area contributed by atoms with Gasteiger partial charge in [0, 0.05) is 22.9 Å². The van der Waals surface area contributed by atoms with Crippen LogP contribution in [0.15, 0.2) is 18.2 Å². The van der Waals surface area contributed by atoms with Crippen LogP contribution in [0.3, 0.4) is 0 Å². The number of halogens is 3. The van der Waals surface area contributed by atoms with Gasteiger partial charge in [-0.15, -0.1) is 0 Å². The second kappa shape index (κ2) is 4.28. The van der Waals surface area contributed by atoms with Crippen LogP contribution in [-0.2, 0) is 12.8 Å². The van der Waals surface area contributed by atoms with E-state index in [-0.39, 0.29) is 10.8 Å². The largest absolute Gasteiger partial charge is 0.223 e. The lowest BCUT2D eigenvalue weighted by Gasteiger charge is -2.08. The van der Waals surface area contributed by atoms with Gasteiger partial charge in [0.05, 0.1) is 5.69 Å². The molecule has 1 aromatic heterocycles. The van der Waals surface area contributed by atoms with Gasteiger partial charge in [0.25, 0.3) is 0 Å². The van der Waals surface area contributed by atoms with Crippen molar-refractivity contribution >= 4 is 11.6 Å². The van der Waals surface area contributed by atoms with Gasteiger partial charge in [-0.1, -0.05) is 0 Å². The molecule has 1 heterocycles. The molecule has 3 rings (SSSR count). The highest BCUT2D eigenvalue weighted by Crippen LogP contribution is 2.32. The highest BCUT2D eigenvalue weighted by Gasteiger charge is 2.21. The molecule has 0 N–H and O–H groups in total. The SMILES string of the molecule is Fc1ccc(-c2nc(Cl)nc3c2CCC3)c(F)c1. The number of rotatable bonds is 1. The van der Waals surface area contributed by atoms with E-state index in [0.717, 1.165) is 36.6 Å². The molecule has 0 saturated carbocycles. The van der Waals surface area contributed by atoms with Gasteiger partial charge in [-0.2, -0.15) is 0 Å². The maximum atomic E-state index is 13.8. The first kappa shape index (κ1) is 11.5. The summed E-state index contributed by atoms with van der Waals surface area (Å²) in [5.74, 6) is -1.23. The van der Waals surface area contributed by atoms with Gasteiger partial charge in [0.2, 0.25) is 5.28 Å². The fourth-order valence-corrected chi connectivity index (χ4v) is 2.49. The van der Waals surface area contributed by atoms with Crippen LogP contribution in [0.4, 0.5) is 8.78 Å². The van der Waals surface area contributed by atoms with Crippen molar-refractivity contribution in [1.29, 1.82) is 0 Å². The molecule has 2 aromatic rings. The van der Waals surface area contributed by atoms with Crippen LogP contribution < -0.4 is 0 Å². The van der Waals surface area contributed by atoms with Crippen molar-refractivity contribution in [2.75, 3.05) is 0 Å². The Bertz CT molecular complexity index is 629. The molecule has 0 aliphatic heterocycles. The number of hydrogen-bond donors (Lipinski definition) is 0. The van der Waals surface area contributed by atoms with Gasteiger partial charge < -0.3 is 0 Å². The molecule has 5 heteroatoms. The number of aromatic nitrogens is 2. The second-order valence-corrected chi connectivity index (χ2v) is 4.58. The van der Waals surface area contributed by atoms with E-state index in [1.165, 1.54) is 12.1 Å². The van der Waals surface area contributed by atoms with Crippen molar-refractivity contribution < 1.29 is 8.78 Å². The van der Waals surface area contributed by atoms with Gasteiger partial charge >= 0.3 is 0 Å². The lowest BCUT2D eigenvalue weighted by Crippen LogP contribution is -1.99. The number of benzene rings is 1. The summed E-state index contributed by atoms with van der Waals surface area (Å²) in [5, 5.41) is 0.106. The van der Waals surface area contributed by atoms with Crippen molar-refractivity contribution in [3.63, 3.8) is 0 Å². The standard InChI is InChI=1S/C13H9ClF2N2/c14-13-17-11-3-1-2-9(11)12(18-13)8-5-4-7(15)6-10(8)16/h4-6H,1-3H2. The van der Waals surface area contributed by atoms with Crippen LogP contribution in [0, 0.1) is 11.6 Å². The van der Waals surface area contributed by atoms with Crippen LogP contribution in [-0.4, -0.2) is 9.97 Å². The van der Waals surface area contributed by atoms with Crippen molar-refractivity contribution in [3.8, 4) is 11.3 Å². The lowest BCUT2D eigenvalue weighted by atomic mass is 10.0. The van der Waals surface area contributed by atoms with Crippen LogP contribution in [0.1, 0.15) is 17.7 Å². The van der Waals surface area contributed by atoms with E-state index >= 15 is 0 Å². The van der Waals surface area contributed by atoms with E-state index in [4.69, 9.17) is 11.6 Å². The van der Waals surface area contributed by atoms with Crippen molar-refractivity contribution in [2.24, 2.45) is 0 Å². The van der Waals surface area contributed by atoms with Gasteiger partial charge in [-0.25, -0.2) is 18.7 Å². The van der Waals surface area contributed by atoms with Crippen LogP contribution >= 0.6 is 11.6 Å². The third kappa shape index (κ3) is 1.86. The van der Waals surface area contributed by atoms with Crippen LogP contribution in [0.5, 0.6) is 0 Å². The average molecular weight is 267 g/mol. The van der Waals surface area contributed by atoms with E-state index in [1.54, 1.807) is 0 Å². The summed E-state index contributed by atoms with van der Waals surface area (Å²) in [4.78, 5) is 8.24. The average Bonchev–Trinajstić information content (AvgIpc) is 2.76. The summed E-state index contributed by atoms with van der Waals surface area (Å²) in [6.07, 6.45) is 2.59. The Morgan fingerprint density at radius 1 is 1.11 bits per heavy atom. The number of hydrogen-bond acceptors (Lipinski definition) is 2. The summed E-state index contributed by atoms with van der Waals surface area (Å²) in [6.45, 7) is 0. The highest BCUT2D eigenvalue weighted by molar-refractivity contribution is 6.28. The molecule has 0 fully saturated rings. The first-order chi connectivity index (χ1) is 8.65. The number of fused-ring (bicyclic) bond motifs is 1. The smallest absolute Gasteiger partial charge is 0.223 e.